The van der Waals surface area contributed by atoms with E-state index in [1.54, 1.807) is 0 Å². The Kier molecular flexibility index (Phi) is 7.15. The third kappa shape index (κ3) is 7.16. The second kappa shape index (κ2) is 8.10. The molecule has 0 saturated heterocycles. The highest BCUT2D eigenvalue weighted by Gasteiger charge is 2.28. The van der Waals surface area contributed by atoms with Crippen LogP contribution in [0.4, 0.5) is 13.2 Å². The fourth-order valence-corrected chi connectivity index (χ4v) is 3.06. The molecule has 0 radical (unpaired) electrons. The van der Waals surface area contributed by atoms with E-state index in [0.29, 0.717) is 18.4 Å². The maximum atomic E-state index is 11.9. The van der Waals surface area contributed by atoms with Crippen LogP contribution in [0.2, 0.25) is 0 Å². The first-order chi connectivity index (χ1) is 8.92. The summed E-state index contributed by atoms with van der Waals surface area (Å²) >= 11 is 0. The maximum Gasteiger partial charge on any atom is 0.411 e. The van der Waals surface area contributed by atoms with Crippen LogP contribution in [0.15, 0.2) is 0 Å². The summed E-state index contributed by atoms with van der Waals surface area (Å²) in [6.07, 6.45) is 2.42. The minimum absolute atomic E-state index is 0.194. The maximum absolute atomic E-state index is 11.9. The van der Waals surface area contributed by atoms with Gasteiger partial charge in [0.1, 0.15) is 6.61 Å². The summed E-state index contributed by atoms with van der Waals surface area (Å²) in [6, 6.07) is 0.414. The number of halogens is 3. The zero-order valence-electron chi connectivity index (χ0n) is 11.9. The molecule has 114 valence electrons. The SMILES string of the molecule is CNC(CCCOCC(F)(F)F)C1CCCC(C)C1. The van der Waals surface area contributed by atoms with Crippen LogP contribution < -0.4 is 5.32 Å². The predicted octanol–water partition coefficient (Wildman–Crippen LogP) is 3.76. The zero-order chi connectivity index (χ0) is 14.3. The fourth-order valence-electron chi connectivity index (χ4n) is 3.06. The zero-order valence-corrected chi connectivity index (χ0v) is 11.9. The second-order valence-electron chi connectivity index (χ2n) is 5.74. The van der Waals surface area contributed by atoms with Crippen LogP contribution in [0.5, 0.6) is 0 Å². The molecule has 0 heterocycles. The molecule has 3 unspecified atom stereocenters. The lowest BCUT2D eigenvalue weighted by Gasteiger charge is -2.33. The summed E-state index contributed by atoms with van der Waals surface area (Å²) in [7, 11) is 1.94. The standard InChI is InChI=1S/C14H26F3NO/c1-11-5-3-6-12(9-11)13(18-2)7-4-8-19-10-14(15,16)17/h11-13,18H,3-10H2,1-2H3. The minimum Gasteiger partial charge on any atom is -0.372 e. The van der Waals surface area contributed by atoms with Gasteiger partial charge in [0, 0.05) is 12.6 Å². The summed E-state index contributed by atoms with van der Waals surface area (Å²) < 4.78 is 40.4. The Balaban J connectivity index is 2.18. The molecule has 0 amide bonds. The molecule has 1 aliphatic rings. The van der Waals surface area contributed by atoms with E-state index < -0.39 is 12.8 Å². The third-order valence-corrected chi connectivity index (χ3v) is 3.99. The first-order valence-electron chi connectivity index (χ1n) is 7.24. The highest BCUT2D eigenvalue weighted by Crippen LogP contribution is 2.32. The lowest BCUT2D eigenvalue weighted by Crippen LogP contribution is -2.36. The Labute approximate surface area is 114 Å². The molecule has 5 heteroatoms. The summed E-state index contributed by atoms with van der Waals surface area (Å²) in [4.78, 5) is 0. The van der Waals surface area contributed by atoms with Crippen LogP contribution in [0.25, 0.3) is 0 Å². The van der Waals surface area contributed by atoms with E-state index in [9.17, 15) is 13.2 Å². The first kappa shape index (κ1) is 16.8. The summed E-state index contributed by atoms with van der Waals surface area (Å²) in [6.45, 7) is 1.35. The molecule has 1 fully saturated rings. The monoisotopic (exact) mass is 281 g/mol. The summed E-state index contributed by atoms with van der Waals surface area (Å²) in [5.41, 5.74) is 0. The van der Waals surface area contributed by atoms with E-state index in [1.807, 2.05) is 7.05 Å². The van der Waals surface area contributed by atoms with Crippen molar-refractivity contribution in [3.05, 3.63) is 0 Å². The predicted molar refractivity (Wildman–Crippen MR) is 70.1 cm³/mol. The van der Waals surface area contributed by atoms with Gasteiger partial charge < -0.3 is 10.1 Å². The van der Waals surface area contributed by atoms with Gasteiger partial charge in [-0.15, -0.1) is 0 Å². The van der Waals surface area contributed by atoms with Gasteiger partial charge in [-0.2, -0.15) is 13.2 Å². The summed E-state index contributed by atoms with van der Waals surface area (Å²) in [5.74, 6) is 1.44. The molecule has 1 N–H and O–H groups in total. The van der Waals surface area contributed by atoms with Gasteiger partial charge in [0.15, 0.2) is 0 Å². The number of hydrogen-bond acceptors (Lipinski definition) is 2. The van der Waals surface area contributed by atoms with Gasteiger partial charge in [0.05, 0.1) is 0 Å². The molecule has 19 heavy (non-hydrogen) atoms. The van der Waals surface area contributed by atoms with Crippen molar-refractivity contribution in [3.8, 4) is 0 Å². The van der Waals surface area contributed by atoms with E-state index in [1.165, 1.54) is 25.7 Å². The van der Waals surface area contributed by atoms with Crippen molar-refractivity contribution in [2.75, 3.05) is 20.3 Å². The van der Waals surface area contributed by atoms with Crippen LogP contribution >= 0.6 is 0 Å². The Morgan fingerprint density at radius 1 is 1.32 bits per heavy atom. The minimum atomic E-state index is -4.21. The fraction of sp³-hybridized carbons (Fsp3) is 1.00. The van der Waals surface area contributed by atoms with Gasteiger partial charge in [0.2, 0.25) is 0 Å². The quantitative estimate of drug-likeness (QED) is 0.717. The van der Waals surface area contributed by atoms with E-state index in [4.69, 9.17) is 0 Å². The Bertz CT molecular complexity index is 245. The van der Waals surface area contributed by atoms with E-state index in [2.05, 4.69) is 17.0 Å². The Hall–Kier alpha value is -0.290. The van der Waals surface area contributed by atoms with Crippen molar-refractivity contribution in [1.82, 2.24) is 5.32 Å². The Morgan fingerprint density at radius 3 is 2.63 bits per heavy atom. The van der Waals surface area contributed by atoms with Crippen LogP contribution in [-0.2, 0) is 4.74 Å². The van der Waals surface area contributed by atoms with Crippen molar-refractivity contribution in [2.24, 2.45) is 11.8 Å². The van der Waals surface area contributed by atoms with Crippen LogP contribution in [0.1, 0.15) is 45.4 Å². The highest BCUT2D eigenvalue weighted by atomic mass is 19.4. The third-order valence-electron chi connectivity index (χ3n) is 3.99. The van der Waals surface area contributed by atoms with Gasteiger partial charge in [0.25, 0.3) is 0 Å². The topological polar surface area (TPSA) is 21.3 Å². The molecular weight excluding hydrogens is 255 g/mol. The van der Waals surface area contributed by atoms with Crippen molar-refractivity contribution < 1.29 is 17.9 Å². The molecule has 0 spiro atoms. The van der Waals surface area contributed by atoms with Gasteiger partial charge in [-0.25, -0.2) is 0 Å². The average molecular weight is 281 g/mol. The number of rotatable bonds is 7. The molecule has 3 atom stereocenters. The van der Waals surface area contributed by atoms with Crippen LogP contribution in [0, 0.1) is 11.8 Å². The molecular formula is C14H26F3NO. The molecule has 2 nitrogen and oxygen atoms in total. The van der Waals surface area contributed by atoms with Crippen molar-refractivity contribution >= 4 is 0 Å². The van der Waals surface area contributed by atoms with Crippen LogP contribution in [-0.4, -0.2) is 32.5 Å². The second-order valence-corrected chi connectivity index (χ2v) is 5.74. The lowest BCUT2D eigenvalue weighted by molar-refractivity contribution is -0.174. The largest absolute Gasteiger partial charge is 0.411 e. The normalized spacial score (nSPS) is 26.4. The van der Waals surface area contributed by atoms with Crippen molar-refractivity contribution in [3.63, 3.8) is 0 Å². The number of hydrogen-bond donors (Lipinski definition) is 1. The number of alkyl halides is 3. The Morgan fingerprint density at radius 2 is 2.05 bits per heavy atom. The van der Waals surface area contributed by atoms with E-state index in [-0.39, 0.29) is 6.61 Å². The van der Waals surface area contributed by atoms with Crippen molar-refractivity contribution in [2.45, 2.75) is 57.7 Å². The molecule has 0 aromatic carbocycles. The lowest BCUT2D eigenvalue weighted by atomic mass is 9.77. The molecule has 0 bridgehead atoms. The van der Waals surface area contributed by atoms with Gasteiger partial charge in [-0.05, 0) is 44.6 Å². The van der Waals surface area contributed by atoms with Crippen LogP contribution in [0.3, 0.4) is 0 Å². The molecule has 1 saturated carbocycles. The molecule has 0 aliphatic heterocycles. The molecule has 0 aromatic heterocycles. The molecule has 1 rings (SSSR count). The number of ether oxygens (including phenoxy) is 1. The van der Waals surface area contributed by atoms with Crippen molar-refractivity contribution in [1.29, 1.82) is 0 Å². The summed E-state index contributed by atoms with van der Waals surface area (Å²) in [5, 5.41) is 3.32. The average Bonchev–Trinajstić information content (AvgIpc) is 2.32. The molecule has 1 aliphatic carbocycles. The van der Waals surface area contributed by atoms with Gasteiger partial charge >= 0.3 is 6.18 Å². The van der Waals surface area contributed by atoms with Gasteiger partial charge in [-0.3, -0.25) is 0 Å². The first-order valence-corrected chi connectivity index (χ1v) is 7.24. The smallest absolute Gasteiger partial charge is 0.372 e. The van der Waals surface area contributed by atoms with E-state index >= 15 is 0 Å². The van der Waals surface area contributed by atoms with E-state index in [0.717, 1.165) is 12.3 Å². The number of nitrogens with one attached hydrogen (secondary N) is 1. The highest BCUT2D eigenvalue weighted by molar-refractivity contribution is 4.80. The van der Waals surface area contributed by atoms with Gasteiger partial charge in [-0.1, -0.05) is 19.8 Å². The molecule has 0 aromatic rings.